The minimum atomic E-state index is -0.529. The smallest absolute Gasteiger partial charge is 0.341 e. The first-order valence-corrected chi connectivity index (χ1v) is 8.75. The summed E-state index contributed by atoms with van der Waals surface area (Å²) in [6.45, 7) is 0.408. The van der Waals surface area contributed by atoms with Gasteiger partial charge in [0, 0.05) is 38.5 Å². The molecule has 0 saturated carbocycles. The van der Waals surface area contributed by atoms with Crippen LogP contribution < -0.4 is 19.5 Å². The summed E-state index contributed by atoms with van der Waals surface area (Å²) in [5, 5.41) is 3.21. The highest BCUT2D eigenvalue weighted by Gasteiger charge is 2.22. The maximum atomic E-state index is 12.3. The largest absolute Gasteiger partial charge is 0.497 e. The normalized spacial score (nSPS) is 10.9. The Morgan fingerprint density at radius 1 is 1.10 bits per heavy atom. The third-order valence-corrected chi connectivity index (χ3v) is 4.00. The molecule has 0 bridgehead atoms. The zero-order valence-electron chi connectivity index (χ0n) is 17.5. The van der Waals surface area contributed by atoms with Crippen LogP contribution in [0.1, 0.15) is 11.3 Å². The number of hydrogen-bond donors (Lipinski definition) is 1. The highest BCUT2D eigenvalue weighted by Crippen LogP contribution is 2.32. The number of hydrogen-bond acceptors (Lipinski definition) is 9. The molecule has 1 heterocycles. The van der Waals surface area contributed by atoms with Gasteiger partial charge < -0.3 is 29.2 Å². The molecule has 0 saturated heterocycles. The van der Waals surface area contributed by atoms with Gasteiger partial charge in [-0.05, 0) is 12.1 Å². The van der Waals surface area contributed by atoms with Crippen molar-refractivity contribution in [1.29, 1.82) is 0 Å². The molecule has 1 N–H and O–H groups in total. The van der Waals surface area contributed by atoms with E-state index in [-0.39, 0.29) is 5.57 Å². The number of rotatable bonds is 9. The van der Waals surface area contributed by atoms with Crippen molar-refractivity contribution < 1.29 is 23.7 Å². The Bertz CT molecular complexity index is 883. The van der Waals surface area contributed by atoms with Gasteiger partial charge in [-0.2, -0.15) is 0 Å². The van der Waals surface area contributed by atoms with Gasteiger partial charge in [-0.1, -0.05) is 0 Å². The molecule has 0 aliphatic heterocycles. The lowest BCUT2D eigenvalue weighted by atomic mass is 10.1. The highest BCUT2D eigenvalue weighted by molar-refractivity contribution is 6.16. The maximum Gasteiger partial charge on any atom is 0.341 e. The first-order chi connectivity index (χ1) is 13.9. The third kappa shape index (κ3) is 5.28. The lowest BCUT2D eigenvalue weighted by Gasteiger charge is -2.16. The van der Waals surface area contributed by atoms with Crippen molar-refractivity contribution in [2.45, 2.75) is 6.54 Å². The fourth-order valence-corrected chi connectivity index (χ4v) is 2.64. The molecule has 156 valence electrons. The zero-order valence-corrected chi connectivity index (χ0v) is 17.5. The van der Waals surface area contributed by atoms with E-state index in [0.717, 1.165) is 5.56 Å². The third-order valence-electron chi connectivity index (χ3n) is 4.00. The van der Waals surface area contributed by atoms with Crippen LogP contribution in [0.15, 0.2) is 30.7 Å². The van der Waals surface area contributed by atoms with Gasteiger partial charge in [0.1, 0.15) is 29.1 Å². The molecule has 0 fully saturated rings. The predicted octanol–water partition coefficient (Wildman–Crippen LogP) is 2.19. The second-order valence-electron chi connectivity index (χ2n) is 6.13. The molecule has 2 rings (SSSR count). The summed E-state index contributed by atoms with van der Waals surface area (Å²) < 4.78 is 21.0. The molecule has 2 aromatic rings. The van der Waals surface area contributed by atoms with Gasteiger partial charge in [0.25, 0.3) is 0 Å². The predicted molar refractivity (Wildman–Crippen MR) is 109 cm³/mol. The number of nitrogens with one attached hydrogen (secondary N) is 1. The van der Waals surface area contributed by atoms with Crippen molar-refractivity contribution in [2.24, 2.45) is 0 Å². The molecule has 29 heavy (non-hydrogen) atoms. The van der Waals surface area contributed by atoms with Gasteiger partial charge in [0.2, 0.25) is 0 Å². The second kappa shape index (κ2) is 10.2. The zero-order chi connectivity index (χ0) is 21.4. The van der Waals surface area contributed by atoms with Crippen LogP contribution in [-0.4, -0.2) is 63.4 Å². The van der Waals surface area contributed by atoms with E-state index in [4.69, 9.17) is 18.9 Å². The number of carbonyl (C=O) groups is 1. The summed E-state index contributed by atoms with van der Waals surface area (Å²) in [5.74, 6) is 1.61. The van der Waals surface area contributed by atoms with Gasteiger partial charge in [-0.15, -0.1) is 0 Å². The number of nitrogens with zero attached hydrogens (tertiary/aromatic N) is 3. The Balaban J connectivity index is 2.38. The van der Waals surface area contributed by atoms with Crippen molar-refractivity contribution >= 4 is 17.4 Å². The van der Waals surface area contributed by atoms with E-state index in [1.165, 1.54) is 20.5 Å². The van der Waals surface area contributed by atoms with E-state index >= 15 is 0 Å². The van der Waals surface area contributed by atoms with Crippen LogP contribution >= 0.6 is 0 Å². The molecular formula is C20H26N4O5. The van der Waals surface area contributed by atoms with Crippen LogP contribution in [0.4, 0.5) is 5.82 Å². The SMILES string of the molecule is COC(=O)/C(=C\N(C)C)c1ncnc(NCc2ccc(OC)cc2OC)c1OC. The maximum absolute atomic E-state index is 12.3. The molecule has 9 nitrogen and oxygen atoms in total. The lowest BCUT2D eigenvalue weighted by Crippen LogP contribution is -2.13. The summed E-state index contributed by atoms with van der Waals surface area (Å²) in [5.41, 5.74) is 1.47. The summed E-state index contributed by atoms with van der Waals surface area (Å²) in [6, 6.07) is 5.54. The van der Waals surface area contributed by atoms with Gasteiger partial charge >= 0.3 is 5.97 Å². The molecule has 1 aromatic heterocycles. The van der Waals surface area contributed by atoms with Gasteiger partial charge in [0.05, 0.1) is 28.4 Å². The quantitative estimate of drug-likeness (QED) is 0.500. The minimum absolute atomic E-state index is 0.252. The standard InChI is InChI=1S/C20H26N4O5/c1-24(2)11-15(20(25)29-6)17-18(28-5)19(23-12-22-17)21-10-13-7-8-14(26-3)9-16(13)27-4/h7-9,11-12H,10H2,1-6H3,(H,21,22,23)/b15-11-. The van der Waals surface area contributed by atoms with E-state index < -0.39 is 5.97 Å². The van der Waals surface area contributed by atoms with Gasteiger partial charge in [-0.25, -0.2) is 14.8 Å². The molecule has 0 amide bonds. The first kappa shape index (κ1) is 21.8. The van der Waals surface area contributed by atoms with Crippen molar-refractivity contribution in [3.05, 3.63) is 42.0 Å². The van der Waals surface area contributed by atoms with Crippen LogP contribution in [0.3, 0.4) is 0 Å². The van der Waals surface area contributed by atoms with E-state index in [9.17, 15) is 4.79 Å². The van der Waals surface area contributed by atoms with E-state index in [2.05, 4.69) is 15.3 Å². The second-order valence-corrected chi connectivity index (χ2v) is 6.13. The van der Waals surface area contributed by atoms with Crippen molar-refractivity contribution in [3.63, 3.8) is 0 Å². The molecule has 0 atom stereocenters. The molecule has 0 aliphatic rings. The Morgan fingerprint density at radius 2 is 1.86 bits per heavy atom. The van der Waals surface area contributed by atoms with Gasteiger partial charge in [0.15, 0.2) is 11.6 Å². The number of carbonyl (C=O) groups excluding carboxylic acids is 1. The fraction of sp³-hybridized carbons (Fsp3) is 0.350. The molecule has 1 aromatic carbocycles. The molecular weight excluding hydrogens is 376 g/mol. The van der Waals surface area contributed by atoms with Crippen LogP contribution in [0, 0.1) is 0 Å². The Morgan fingerprint density at radius 3 is 2.45 bits per heavy atom. The summed E-state index contributed by atoms with van der Waals surface area (Å²) in [7, 11) is 9.59. The Hall–Kier alpha value is -3.49. The molecule has 0 unspecified atom stereocenters. The lowest BCUT2D eigenvalue weighted by molar-refractivity contribution is -0.133. The van der Waals surface area contributed by atoms with Gasteiger partial charge in [-0.3, -0.25) is 0 Å². The van der Waals surface area contributed by atoms with E-state index in [1.807, 2.05) is 12.1 Å². The van der Waals surface area contributed by atoms with E-state index in [1.54, 1.807) is 45.5 Å². The monoisotopic (exact) mass is 402 g/mol. The van der Waals surface area contributed by atoms with Crippen molar-refractivity contribution in [3.8, 4) is 17.2 Å². The molecule has 9 heteroatoms. The number of methoxy groups -OCH3 is 4. The van der Waals surface area contributed by atoms with Crippen LogP contribution in [-0.2, 0) is 16.1 Å². The van der Waals surface area contributed by atoms with Crippen molar-refractivity contribution in [2.75, 3.05) is 47.9 Å². The first-order valence-electron chi connectivity index (χ1n) is 8.75. The van der Waals surface area contributed by atoms with Crippen LogP contribution in [0.2, 0.25) is 0 Å². The summed E-state index contributed by atoms with van der Waals surface area (Å²) >= 11 is 0. The summed E-state index contributed by atoms with van der Waals surface area (Å²) in [4.78, 5) is 22.5. The number of ether oxygens (including phenoxy) is 4. The number of anilines is 1. The number of esters is 1. The van der Waals surface area contributed by atoms with Crippen LogP contribution in [0.25, 0.3) is 5.57 Å². The minimum Gasteiger partial charge on any atom is -0.497 e. The average Bonchev–Trinajstić information content (AvgIpc) is 2.74. The molecule has 0 radical (unpaired) electrons. The van der Waals surface area contributed by atoms with Crippen molar-refractivity contribution in [1.82, 2.24) is 14.9 Å². The topological polar surface area (TPSA) is 95.0 Å². The molecule has 0 spiro atoms. The molecule has 0 aliphatic carbocycles. The Kier molecular flexibility index (Phi) is 7.64. The highest BCUT2D eigenvalue weighted by atomic mass is 16.5. The van der Waals surface area contributed by atoms with Crippen LogP contribution in [0.5, 0.6) is 17.2 Å². The average molecular weight is 402 g/mol. The summed E-state index contributed by atoms with van der Waals surface area (Å²) in [6.07, 6.45) is 2.98. The number of aromatic nitrogens is 2. The number of benzene rings is 1. The Labute approximate surface area is 170 Å². The fourth-order valence-electron chi connectivity index (χ4n) is 2.64. The van der Waals surface area contributed by atoms with E-state index in [0.29, 0.717) is 35.3 Å².